The lowest BCUT2D eigenvalue weighted by molar-refractivity contribution is -0.129. The van der Waals surface area contributed by atoms with Crippen molar-refractivity contribution in [3.05, 3.63) is 21.8 Å². The highest BCUT2D eigenvalue weighted by atomic mass is 32.2. The Morgan fingerprint density at radius 3 is 2.79 bits per heavy atom. The molecular weight excluding hydrogens is 342 g/mol. The van der Waals surface area contributed by atoms with Crippen molar-refractivity contribution in [1.29, 1.82) is 0 Å². The van der Waals surface area contributed by atoms with Gasteiger partial charge in [-0.15, -0.1) is 11.3 Å². The van der Waals surface area contributed by atoms with Crippen LogP contribution in [0.15, 0.2) is 21.4 Å². The average molecular weight is 366 g/mol. The topological polar surface area (TPSA) is 55.2 Å². The summed E-state index contributed by atoms with van der Waals surface area (Å²) in [5.74, 6) is 0.842. The molecule has 1 amide bonds. The van der Waals surface area contributed by atoms with Crippen molar-refractivity contribution in [1.82, 2.24) is 14.5 Å². The molecule has 0 radical (unpaired) electrons. The van der Waals surface area contributed by atoms with Crippen LogP contribution in [0.2, 0.25) is 0 Å². The van der Waals surface area contributed by atoms with E-state index < -0.39 is 0 Å². The fraction of sp³-hybridized carbons (Fsp3) is 0.588. The van der Waals surface area contributed by atoms with E-state index in [9.17, 15) is 9.59 Å². The van der Waals surface area contributed by atoms with Gasteiger partial charge in [0.2, 0.25) is 5.91 Å². The van der Waals surface area contributed by atoms with Crippen LogP contribution in [-0.4, -0.2) is 39.2 Å². The van der Waals surface area contributed by atoms with Crippen LogP contribution < -0.4 is 5.56 Å². The molecular formula is C17H23N3O2S2. The normalized spacial score (nSPS) is 15.4. The third kappa shape index (κ3) is 3.83. The zero-order valence-electron chi connectivity index (χ0n) is 14.2. The zero-order valence-corrected chi connectivity index (χ0v) is 15.8. The summed E-state index contributed by atoms with van der Waals surface area (Å²) in [4.78, 5) is 31.7. The molecule has 0 N–H and O–H groups in total. The van der Waals surface area contributed by atoms with E-state index in [4.69, 9.17) is 0 Å². The van der Waals surface area contributed by atoms with E-state index in [-0.39, 0.29) is 11.5 Å². The first-order chi connectivity index (χ1) is 11.6. The molecule has 3 rings (SSSR count). The van der Waals surface area contributed by atoms with Crippen molar-refractivity contribution >= 4 is 39.2 Å². The molecule has 3 heterocycles. The number of amides is 1. The number of nitrogens with zero attached hydrogens (tertiary/aromatic N) is 3. The third-order valence-electron chi connectivity index (χ3n) is 4.11. The molecule has 130 valence electrons. The summed E-state index contributed by atoms with van der Waals surface area (Å²) in [6.07, 6.45) is 3.39. The lowest BCUT2D eigenvalue weighted by Gasteiger charge is -2.26. The van der Waals surface area contributed by atoms with Gasteiger partial charge >= 0.3 is 0 Å². The SMILES string of the molecule is CC(C)Cn1c(SCC(=O)N2CCCCC2)nc2ccsc2c1=O. The second kappa shape index (κ2) is 7.70. The second-order valence-corrected chi connectivity index (χ2v) is 8.43. The van der Waals surface area contributed by atoms with Gasteiger partial charge in [-0.3, -0.25) is 14.2 Å². The lowest BCUT2D eigenvalue weighted by Crippen LogP contribution is -2.37. The number of hydrogen-bond acceptors (Lipinski definition) is 5. The molecule has 1 fully saturated rings. The van der Waals surface area contributed by atoms with Gasteiger partial charge in [0, 0.05) is 19.6 Å². The molecule has 5 nitrogen and oxygen atoms in total. The summed E-state index contributed by atoms with van der Waals surface area (Å²) in [5, 5.41) is 2.55. The Balaban J connectivity index is 1.81. The first-order valence-electron chi connectivity index (χ1n) is 8.45. The smallest absolute Gasteiger partial charge is 0.272 e. The molecule has 1 aliphatic rings. The fourth-order valence-corrected chi connectivity index (χ4v) is 4.61. The number of fused-ring (bicyclic) bond motifs is 1. The molecule has 0 spiro atoms. The van der Waals surface area contributed by atoms with Crippen LogP contribution in [0, 0.1) is 5.92 Å². The van der Waals surface area contributed by atoms with E-state index >= 15 is 0 Å². The van der Waals surface area contributed by atoms with Gasteiger partial charge in [-0.25, -0.2) is 4.98 Å². The standard InChI is InChI=1S/C17H23N3O2S2/c1-12(2)10-20-16(22)15-13(6-9-23-15)18-17(20)24-11-14(21)19-7-4-3-5-8-19/h6,9,12H,3-5,7-8,10-11H2,1-2H3. The quantitative estimate of drug-likeness (QED) is 0.603. The number of carbonyl (C=O) groups is 1. The van der Waals surface area contributed by atoms with Gasteiger partial charge in [-0.2, -0.15) is 0 Å². The molecule has 7 heteroatoms. The molecule has 0 saturated carbocycles. The summed E-state index contributed by atoms with van der Waals surface area (Å²) >= 11 is 2.82. The van der Waals surface area contributed by atoms with Crippen molar-refractivity contribution in [2.24, 2.45) is 5.92 Å². The van der Waals surface area contributed by atoms with E-state index in [0.717, 1.165) is 31.4 Å². The van der Waals surface area contributed by atoms with E-state index in [1.807, 2.05) is 16.3 Å². The maximum Gasteiger partial charge on any atom is 0.272 e. The number of aromatic nitrogens is 2. The van der Waals surface area contributed by atoms with Crippen molar-refractivity contribution < 1.29 is 4.79 Å². The van der Waals surface area contributed by atoms with Gasteiger partial charge in [-0.1, -0.05) is 25.6 Å². The number of carbonyl (C=O) groups excluding carboxylic acids is 1. The largest absolute Gasteiger partial charge is 0.342 e. The Morgan fingerprint density at radius 1 is 1.33 bits per heavy atom. The van der Waals surface area contributed by atoms with Crippen LogP contribution in [0.25, 0.3) is 10.2 Å². The van der Waals surface area contributed by atoms with Crippen LogP contribution in [0.5, 0.6) is 0 Å². The third-order valence-corrected chi connectivity index (χ3v) is 5.96. The minimum atomic E-state index is 0.0108. The zero-order chi connectivity index (χ0) is 17.1. The maximum absolute atomic E-state index is 12.7. The Kier molecular flexibility index (Phi) is 5.61. The van der Waals surface area contributed by atoms with Crippen molar-refractivity contribution in [3.8, 4) is 0 Å². The maximum atomic E-state index is 12.7. The Morgan fingerprint density at radius 2 is 2.08 bits per heavy atom. The second-order valence-electron chi connectivity index (χ2n) is 6.57. The average Bonchev–Trinajstić information content (AvgIpc) is 3.05. The molecule has 0 aromatic carbocycles. The first-order valence-corrected chi connectivity index (χ1v) is 10.3. The minimum absolute atomic E-state index is 0.0108. The van der Waals surface area contributed by atoms with E-state index in [1.54, 1.807) is 4.57 Å². The summed E-state index contributed by atoms with van der Waals surface area (Å²) in [6.45, 7) is 6.50. The number of likely N-dealkylation sites (tertiary alicyclic amines) is 1. The van der Waals surface area contributed by atoms with Crippen LogP contribution in [-0.2, 0) is 11.3 Å². The van der Waals surface area contributed by atoms with Gasteiger partial charge < -0.3 is 4.90 Å². The monoisotopic (exact) mass is 365 g/mol. The first kappa shape index (κ1) is 17.5. The molecule has 1 aliphatic heterocycles. The molecule has 0 aliphatic carbocycles. The summed E-state index contributed by atoms with van der Waals surface area (Å²) in [6, 6.07) is 1.87. The number of rotatable bonds is 5. The number of thioether (sulfide) groups is 1. The summed E-state index contributed by atoms with van der Waals surface area (Å²) < 4.78 is 2.43. The lowest BCUT2D eigenvalue weighted by atomic mass is 10.1. The van der Waals surface area contributed by atoms with Crippen LogP contribution in [0.3, 0.4) is 0 Å². The van der Waals surface area contributed by atoms with Crippen molar-refractivity contribution in [3.63, 3.8) is 0 Å². The molecule has 2 aromatic rings. The fourth-order valence-electron chi connectivity index (χ4n) is 2.92. The summed E-state index contributed by atoms with van der Waals surface area (Å²) in [5.41, 5.74) is 0.745. The van der Waals surface area contributed by atoms with Gasteiger partial charge in [0.15, 0.2) is 5.16 Å². The Bertz CT molecular complexity index is 776. The van der Waals surface area contributed by atoms with Crippen LogP contribution >= 0.6 is 23.1 Å². The Hall–Kier alpha value is -1.34. The minimum Gasteiger partial charge on any atom is -0.342 e. The molecule has 24 heavy (non-hydrogen) atoms. The van der Waals surface area contributed by atoms with Crippen LogP contribution in [0.1, 0.15) is 33.1 Å². The van der Waals surface area contributed by atoms with Gasteiger partial charge in [0.1, 0.15) is 4.70 Å². The highest BCUT2D eigenvalue weighted by molar-refractivity contribution is 7.99. The number of piperidine rings is 1. The predicted octanol–water partition coefficient (Wildman–Crippen LogP) is 3.22. The van der Waals surface area contributed by atoms with E-state index in [2.05, 4.69) is 18.8 Å². The molecule has 1 saturated heterocycles. The predicted molar refractivity (Wildman–Crippen MR) is 99.9 cm³/mol. The molecule has 0 unspecified atom stereocenters. The summed E-state index contributed by atoms with van der Waals surface area (Å²) in [7, 11) is 0. The van der Waals surface area contributed by atoms with E-state index in [1.165, 1.54) is 29.5 Å². The van der Waals surface area contributed by atoms with Gasteiger partial charge in [0.05, 0.1) is 11.3 Å². The Labute approximate surface area is 150 Å². The van der Waals surface area contributed by atoms with E-state index in [0.29, 0.717) is 28.1 Å². The molecule has 0 bridgehead atoms. The highest BCUT2D eigenvalue weighted by Gasteiger charge is 2.19. The van der Waals surface area contributed by atoms with Crippen molar-refractivity contribution in [2.45, 2.75) is 44.8 Å². The molecule has 2 aromatic heterocycles. The van der Waals surface area contributed by atoms with Crippen molar-refractivity contribution in [2.75, 3.05) is 18.8 Å². The highest BCUT2D eigenvalue weighted by Crippen LogP contribution is 2.22. The van der Waals surface area contributed by atoms with Crippen LogP contribution in [0.4, 0.5) is 0 Å². The molecule has 0 atom stereocenters. The number of thiophene rings is 1. The van der Waals surface area contributed by atoms with Gasteiger partial charge in [-0.05, 0) is 36.6 Å². The van der Waals surface area contributed by atoms with Gasteiger partial charge in [0.25, 0.3) is 5.56 Å². The number of hydrogen-bond donors (Lipinski definition) is 0.